The fourth-order valence-electron chi connectivity index (χ4n) is 3.25. The second kappa shape index (κ2) is 6.59. The van der Waals surface area contributed by atoms with E-state index in [9.17, 15) is 0 Å². The first kappa shape index (κ1) is 16.1. The van der Waals surface area contributed by atoms with Crippen LogP contribution in [0.3, 0.4) is 0 Å². The zero-order chi connectivity index (χ0) is 18.9. The molecule has 6 heteroatoms. The Balaban J connectivity index is 1.70. The highest BCUT2D eigenvalue weighted by molar-refractivity contribution is 5.88. The highest BCUT2D eigenvalue weighted by Gasteiger charge is 2.21. The molecule has 0 saturated heterocycles. The van der Waals surface area contributed by atoms with E-state index in [1.165, 1.54) is 0 Å². The van der Waals surface area contributed by atoms with Crippen LogP contribution in [0.2, 0.25) is 0 Å². The Morgan fingerprint density at radius 2 is 1.50 bits per heavy atom. The molecule has 6 nitrogen and oxygen atoms in total. The summed E-state index contributed by atoms with van der Waals surface area (Å²) in [6.07, 6.45) is 0. The van der Waals surface area contributed by atoms with Crippen molar-refractivity contribution in [1.82, 2.24) is 19.7 Å². The zero-order valence-corrected chi connectivity index (χ0v) is 15.0. The molecule has 5 aromatic rings. The highest BCUT2D eigenvalue weighted by atomic mass is 15.4. The van der Waals surface area contributed by atoms with Crippen molar-refractivity contribution >= 4 is 28.4 Å². The number of H-pyrrole nitrogens is 1. The third-order valence-electron chi connectivity index (χ3n) is 4.58. The van der Waals surface area contributed by atoms with Crippen LogP contribution in [0.4, 0.5) is 17.3 Å². The van der Waals surface area contributed by atoms with Crippen molar-refractivity contribution in [2.24, 2.45) is 0 Å². The van der Waals surface area contributed by atoms with Gasteiger partial charge in [-0.05, 0) is 36.4 Å². The molecule has 2 aromatic heterocycles. The molecule has 0 atom stereocenters. The maximum atomic E-state index is 6.54. The molecule has 4 N–H and O–H groups in total. The lowest BCUT2D eigenvalue weighted by atomic mass is 10.2. The second-order valence-corrected chi connectivity index (χ2v) is 6.45. The molecule has 0 bridgehead atoms. The van der Waals surface area contributed by atoms with Crippen molar-refractivity contribution < 1.29 is 0 Å². The topological polar surface area (TPSA) is 84.5 Å². The largest absolute Gasteiger partial charge is 0.383 e. The summed E-state index contributed by atoms with van der Waals surface area (Å²) in [5.41, 5.74) is 10.9. The maximum absolute atomic E-state index is 6.54. The number of nitrogens with zero attached hydrogens (tertiary/aromatic N) is 3. The Bertz CT molecular complexity index is 1210. The van der Waals surface area contributed by atoms with Crippen molar-refractivity contribution in [3.63, 3.8) is 0 Å². The lowest BCUT2D eigenvalue weighted by molar-refractivity contribution is 0.895. The Labute approximate surface area is 161 Å². The first-order valence-electron chi connectivity index (χ1n) is 9.01. The number of anilines is 3. The van der Waals surface area contributed by atoms with Gasteiger partial charge in [-0.3, -0.25) is 0 Å². The van der Waals surface area contributed by atoms with Crippen LogP contribution in [0.25, 0.3) is 28.1 Å². The van der Waals surface area contributed by atoms with E-state index in [0.717, 1.165) is 28.0 Å². The molecule has 0 aliphatic heterocycles. The third kappa shape index (κ3) is 2.77. The molecule has 5 rings (SSSR count). The number of aromatic amines is 1. The molecule has 0 unspecified atom stereocenters. The van der Waals surface area contributed by atoms with E-state index < -0.39 is 0 Å². The van der Waals surface area contributed by atoms with Crippen LogP contribution in [0.15, 0.2) is 84.9 Å². The van der Waals surface area contributed by atoms with E-state index in [2.05, 4.69) is 10.3 Å². The summed E-state index contributed by atoms with van der Waals surface area (Å²) in [6, 6.07) is 27.6. The summed E-state index contributed by atoms with van der Waals surface area (Å²) in [5, 5.41) is 8.12. The van der Waals surface area contributed by atoms with Crippen LogP contribution < -0.4 is 11.1 Å². The number of hydrogen-bond donors (Lipinski definition) is 3. The summed E-state index contributed by atoms with van der Waals surface area (Å²) in [4.78, 5) is 8.08. The molecule has 28 heavy (non-hydrogen) atoms. The van der Waals surface area contributed by atoms with Crippen molar-refractivity contribution in [1.29, 1.82) is 0 Å². The Morgan fingerprint density at radius 1 is 0.821 bits per heavy atom. The minimum Gasteiger partial charge on any atom is -0.383 e. The van der Waals surface area contributed by atoms with Crippen LogP contribution in [-0.4, -0.2) is 19.7 Å². The predicted molar refractivity (Wildman–Crippen MR) is 113 cm³/mol. The number of nitrogens with two attached hydrogens (primary N) is 1. The molecular formula is C22H18N6. The fourth-order valence-corrected chi connectivity index (χ4v) is 3.25. The number of aromatic nitrogens is 4. The van der Waals surface area contributed by atoms with Crippen LogP contribution in [0.5, 0.6) is 0 Å². The van der Waals surface area contributed by atoms with Gasteiger partial charge < -0.3 is 16.0 Å². The normalized spacial score (nSPS) is 11.0. The monoisotopic (exact) mass is 366 g/mol. The predicted octanol–water partition coefficient (Wildman–Crippen LogP) is 4.74. The van der Waals surface area contributed by atoms with E-state index >= 15 is 0 Å². The summed E-state index contributed by atoms with van der Waals surface area (Å²) in [7, 11) is 0. The quantitative estimate of drug-likeness (QED) is 0.429. The van der Waals surface area contributed by atoms with Crippen LogP contribution in [0, 0.1) is 0 Å². The third-order valence-corrected chi connectivity index (χ3v) is 4.58. The summed E-state index contributed by atoms with van der Waals surface area (Å²) in [5.74, 6) is 1.84. The van der Waals surface area contributed by atoms with Gasteiger partial charge in [0.2, 0.25) is 0 Å². The van der Waals surface area contributed by atoms with Gasteiger partial charge in [0, 0.05) is 5.69 Å². The first-order valence-corrected chi connectivity index (χ1v) is 9.01. The smallest absolute Gasteiger partial charge is 0.166 e. The number of benzene rings is 3. The molecule has 136 valence electrons. The van der Waals surface area contributed by atoms with Crippen molar-refractivity contribution in [2.45, 2.75) is 0 Å². The van der Waals surface area contributed by atoms with Gasteiger partial charge in [-0.15, -0.1) is 5.10 Å². The molecular weight excluding hydrogens is 348 g/mol. The average Bonchev–Trinajstić information content (AvgIpc) is 3.30. The second-order valence-electron chi connectivity index (χ2n) is 6.45. The van der Waals surface area contributed by atoms with Gasteiger partial charge in [-0.1, -0.05) is 48.5 Å². The molecule has 0 radical (unpaired) electrons. The van der Waals surface area contributed by atoms with Gasteiger partial charge in [0.1, 0.15) is 17.2 Å². The molecule has 0 aliphatic rings. The summed E-state index contributed by atoms with van der Waals surface area (Å²) >= 11 is 0. The molecule has 0 amide bonds. The van der Waals surface area contributed by atoms with E-state index in [1.54, 1.807) is 4.68 Å². The maximum Gasteiger partial charge on any atom is 0.166 e. The van der Waals surface area contributed by atoms with E-state index in [-0.39, 0.29) is 0 Å². The van der Waals surface area contributed by atoms with E-state index in [1.807, 2.05) is 84.9 Å². The molecule has 2 heterocycles. The van der Waals surface area contributed by atoms with Gasteiger partial charge >= 0.3 is 0 Å². The van der Waals surface area contributed by atoms with Gasteiger partial charge in [-0.2, -0.15) is 0 Å². The van der Waals surface area contributed by atoms with Crippen molar-refractivity contribution in [3.05, 3.63) is 84.9 Å². The Morgan fingerprint density at radius 3 is 2.25 bits per heavy atom. The lowest BCUT2D eigenvalue weighted by Gasteiger charge is -2.04. The number of hydrogen-bond acceptors (Lipinski definition) is 4. The molecule has 3 aromatic carbocycles. The standard InChI is InChI=1S/C22H18N6/c23-20-19(21-25-17-13-7-8-14-18(17)26-21)22(24-15-9-3-1-4-10-15)27-28(20)16-11-5-2-6-12-16/h1-14H,23H2,(H,24,27)(H,25,26). The number of nitrogen functional groups attached to an aromatic ring is 1. The highest BCUT2D eigenvalue weighted by Crippen LogP contribution is 2.35. The molecule has 0 fully saturated rings. The van der Waals surface area contributed by atoms with Gasteiger partial charge in [0.25, 0.3) is 0 Å². The van der Waals surface area contributed by atoms with Crippen LogP contribution in [0.1, 0.15) is 0 Å². The Kier molecular flexibility index (Phi) is 3.80. The van der Waals surface area contributed by atoms with Crippen molar-refractivity contribution in [3.8, 4) is 17.1 Å². The Hall–Kier alpha value is -4.06. The minimum absolute atomic E-state index is 0.517. The molecule has 0 spiro atoms. The number of para-hydroxylation sites is 4. The van der Waals surface area contributed by atoms with E-state index in [4.69, 9.17) is 15.8 Å². The summed E-state index contributed by atoms with van der Waals surface area (Å²) in [6.45, 7) is 0. The minimum atomic E-state index is 0.517. The lowest BCUT2D eigenvalue weighted by Crippen LogP contribution is -2.02. The van der Waals surface area contributed by atoms with Crippen molar-refractivity contribution in [2.75, 3.05) is 11.1 Å². The van der Waals surface area contributed by atoms with Crippen LogP contribution in [-0.2, 0) is 0 Å². The average molecular weight is 366 g/mol. The number of nitrogens with one attached hydrogen (secondary N) is 2. The SMILES string of the molecule is Nc1c(-c2nc3ccccc3[nH]2)c(Nc2ccccc2)nn1-c1ccccc1. The fraction of sp³-hybridized carbons (Fsp3) is 0. The zero-order valence-electron chi connectivity index (χ0n) is 15.0. The molecule has 0 saturated carbocycles. The summed E-state index contributed by atoms with van der Waals surface area (Å²) < 4.78 is 1.73. The van der Waals surface area contributed by atoms with Crippen LogP contribution >= 0.6 is 0 Å². The molecule has 0 aliphatic carbocycles. The first-order chi connectivity index (χ1) is 13.8. The van der Waals surface area contributed by atoms with Gasteiger partial charge in [0.15, 0.2) is 5.82 Å². The number of fused-ring (bicyclic) bond motifs is 1. The number of imidazole rings is 1. The van der Waals surface area contributed by atoms with E-state index in [0.29, 0.717) is 17.5 Å². The van der Waals surface area contributed by atoms with Gasteiger partial charge in [-0.25, -0.2) is 9.67 Å². The van der Waals surface area contributed by atoms with Gasteiger partial charge in [0.05, 0.1) is 16.7 Å². The number of rotatable bonds is 4.